The van der Waals surface area contributed by atoms with Gasteiger partial charge in [-0.3, -0.25) is 9.59 Å². The van der Waals surface area contributed by atoms with Crippen LogP contribution in [0.1, 0.15) is 22.3 Å². The molecule has 2 N–H and O–H groups in total. The van der Waals surface area contributed by atoms with Crippen LogP contribution in [0.5, 0.6) is 0 Å². The van der Waals surface area contributed by atoms with Gasteiger partial charge in [0.1, 0.15) is 0 Å². The van der Waals surface area contributed by atoms with Gasteiger partial charge in [0.05, 0.1) is 18.7 Å². The van der Waals surface area contributed by atoms with Crippen molar-refractivity contribution in [3.8, 4) is 11.3 Å². The number of rotatable bonds is 9. The van der Waals surface area contributed by atoms with Gasteiger partial charge in [0.25, 0.3) is 5.91 Å². The number of nitrogens with one attached hydrogen (secondary N) is 1. The summed E-state index contributed by atoms with van der Waals surface area (Å²) in [6, 6.07) is 18.7. The van der Waals surface area contributed by atoms with Crippen molar-refractivity contribution in [2.75, 3.05) is 11.4 Å². The van der Waals surface area contributed by atoms with E-state index in [1.807, 2.05) is 41.3 Å². The first kappa shape index (κ1) is 25.7. The smallest absolute Gasteiger partial charge is 0.305 e. The molecule has 4 aromatic rings. The molecule has 0 aliphatic carbocycles. The van der Waals surface area contributed by atoms with Crippen molar-refractivity contribution in [2.24, 2.45) is 0 Å². The van der Waals surface area contributed by atoms with Gasteiger partial charge in [-0.05, 0) is 82.8 Å². The highest BCUT2D eigenvalue weighted by Crippen LogP contribution is 2.34. The SMILES string of the molecule is O=C(O)CCNC(=O)c1ccc(CN(c2ccc(I)cc2)c2nc(-c3ccc(F)c(F)c3)cs2)cc1. The highest BCUT2D eigenvalue weighted by Gasteiger charge is 2.17. The summed E-state index contributed by atoms with van der Waals surface area (Å²) in [6.07, 6.45) is -0.144. The molecule has 4 rings (SSSR count). The Labute approximate surface area is 223 Å². The number of carbonyl (C=O) groups excluding carboxylic acids is 1. The van der Waals surface area contributed by atoms with E-state index in [4.69, 9.17) is 5.11 Å². The molecule has 184 valence electrons. The first-order chi connectivity index (χ1) is 17.3. The highest BCUT2D eigenvalue weighted by atomic mass is 127. The number of benzene rings is 3. The summed E-state index contributed by atoms with van der Waals surface area (Å²) in [5.74, 6) is -3.15. The Morgan fingerprint density at radius 1 is 1.00 bits per heavy atom. The maximum absolute atomic E-state index is 13.7. The lowest BCUT2D eigenvalue weighted by Gasteiger charge is -2.22. The molecule has 1 heterocycles. The number of aromatic nitrogens is 1. The monoisotopic (exact) mass is 619 g/mol. The maximum Gasteiger partial charge on any atom is 0.305 e. The fourth-order valence-electron chi connectivity index (χ4n) is 3.40. The molecule has 0 radical (unpaired) electrons. The number of aliphatic carboxylic acids is 1. The number of carbonyl (C=O) groups is 2. The van der Waals surface area contributed by atoms with Crippen molar-refractivity contribution in [3.05, 3.63) is 98.4 Å². The molecule has 1 aromatic heterocycles. The van der Waals surface area contributed by atoms with Gasteiger partial charge in [-0.2, -0.15) is 0 Å². The van der Waals surface area contributed by atoms with E-state index >= 15 is 0 Å². The average Bonchev–Trinajstić information content (AvgIpc) is 3.35. The molecule has 10 heteroatoms. The van der Waals surface area contributed by atoms with Gasteiger partial charge in [-0.1, -0.05) is 12.1 Å². The van der Waals surface area contributed by atoms with Gasteiger partial charge in [-0.15, -0.1) is 11.3 Å². The number of hydrogen-bond donors (Lipinski definition) is 2. The lowest BCUT2D eigenvalue weighted by atomic mass is 10.1. The van der Waals surface area contributed by atoms with E-state index in [1.54, 1.807) is 17.5 Å². The number of nitrogens with zero attached hydrogens (tertiary/aromatic N) is 2. The predicted molar refractivity (Wildman–Crippen MR) is 143 cm³/mol. The number of carboxylic acid groups (broad SMARTS) is 1. The van der Waals surface area contributed by atoms with Crippen molar-refractivity contribution in [1.29, 1.82) is 0 Å². The van der Waals surface area contributed by atoms with Crippen LogP contribution in [0.15, 0.2) is 72.1 Å². The van der Waals surface area contributed by atoms with E-state index in [0.717, 1.165) is 27.0 Å². The van der Waals surface area contributed by atoms with Crippen LogP contribution in [0.2, 0.25) is 0 Å². The number of hydrogen-bond acceptors (Lipinski definition) is 5. The quantitative estimate of drug-likeness (QED) is 0.217. The molecule has 0 aliphatic heterocycles. The van der Waals surface area contributed by atoms with Crippen LogP contribution in [-0.4, -0.2) is 28.5 Å². The predicted octanol–water partition coefficient (Wildman–Crippen LogP) is 6.24. The van der Waals surface area contributed by atoms with E-state index in [2.05, 4.69) is 32.9 Å². The van der Waals surface area contributed by atoms with Crippen molar-refractivity contribution in [3.63, 3.8) is 0 Å². The van der Waals surface area contributed by atoms with Crippen LogP contribution >= 0.6 is 33.9 Å². The highest BCUT2D eigenvalue weighted by molar-refractivity contribution is 14.1. The van der Waals surface area contributed by atoms with Crippen LogP contribution in [0.4, 0.5) is 19.6 Å². The minimum atomic E-state index is -0.976. The third-order valence-corrected chi connectivity index (χ3v) is 6.84. The fraction of sp³-hybridized carbons (Fsp3) is 0.115. The summed E-state index contributed by atoms with van der Waals surface area (Å²) in [4.78, 5) is 29.6. The van der Waals surface area contributed by atoms with E-state index in [1.165, 1.54) is 17.4 Å². The molecule has 6 nitrogen and oxygen atoms in total. The molecule has 0 saturated carbocycles. The van der Waals surface area contributed by atoms with Crippen LogP contribution in [-0.2, 0) is 11.3 Å². The molecular formula is C26H20F2IN3O3S. The summed E-state index contributed by atoms with van der Waals surface area (Å²) in [7, 11) is 0. The zero-order chi connectivity index (χ0) is 25.7. The zero-order valence-corrected chi connectivity index (χ0v) is 21.7. The third kappa shape index (κ3) is 6.43. The van der Waals surface area contributed by atoms with E-state index in [0.29, 0.717) is 28.5 Å². The molecular weight excluding hydrogens is 599 g/mol. The van der Waals surface area contributed by atoms with E-state index in [-0.39, 0.29) is 18.9 Å². The van der Waals surface area contributed by atoms with E-state index in [9.17, 15) is 18.4 Å². The number of carboxylic acids is 1. The first-order valence-electron chi connectivity index (χ1n) is 10.8. The molecule has 0 atom stereocenters. The van der Waals surface area contributed by atoms with Gasteiger partial charge in [0.15, 0.2) is 16.8 Å². The second kappa shape index (κ2) is 11.6. The average molecular weight is 619 g/mol. The van der Waals surface area contributed by atoms with E-state index < -0.39 is 17.6 Å². The number of halogens is 3. The van der Waals surface area contributed by atoms with Crippen molar-refractivity contribution < 1.29 is 23.5 Å². The molecule has 0 aliphatic rings. The van der Waals surface area contributed by atoms with Gasteiger partial charge in [-0.25, -0.2) is 13.8 Å². The van der Waals surface area contributed by atoms with Gasteiger partial charge in [0, 0.05) is 32.3 Å². The third-order valence-electron chi connectivity index (χ3n) is 5.26. The Hall–Kier alpha value is -3.38. The van der Waals surface area contributed by atoms with Crippen molar-refractivity contribution >= 4 is 56.6 Å². The topological polar surface area (TPSA) is 82.5 Å². The van der Waals surface area contributed by atoms with Gasteiger partial charge >= 0.3 is 5.97 Å². The number of anilines is 2. The maximum atomic E-state index is 13.7. The Morgan fingerprint density at radius 3 is 2.39 bits per heavy atom. The summed E-state index contributed by atoms with van der Waals surface area (Å²) in [5, 5.41) is 13.8. The van der Waals surface area contributed by atoms with Gasteiger partial charge in [0.2, 0.25) is 0 Å². The Bertz CT molecular complexity index is 1380. The van der Waals surface area contributed by atoms with Crippen LogP contribution < -0.4 is 10.2 Å². The minimum Gasteiger partial charge on any atom is -0.481 e. The molecule has 0 bridgehead atoms. The molecule has 1 amide bonds. The second-order valence-electron chi connectivity index (χ2n) is 7.80. The lowest BCUT2D eigenvalue weighted by Crippen LogP contribution is -2.26. The van der Waals surface area contributed by atoms with Crippen molar-refractivity contribution in [2.45, 2.75) is 13.0 Å². The summed E-state index contributed by atoms with van der Waals surface area (Å²) < 4.78 is 28.2. The summed E-state index contributed by atoms with van der Waals surface area (Å²) in [5.41, 5.74) is 3.27. The van der Waals surface area contributed by atoms with Crippen LogP contribution in [0, 0.1) is 15.2 Å². The lowest BCUT2D eigenvalue weighted by molar-refractivity contribution is -0.136. The number of amides is 1. The minimum absolute atomic E-state index is 0.0564. The molecule has 0 fully saturated rings. The Kier molecular flexibility index (Phi) is 8.26. The summed E-state index contributed by atoms with van der Waals surface area (Å²) in [6.45, 7) is 0.507. The Morgan fingerprint density at radius 2 is 1.72 bits per heavy atom. The molecule has 3 aromatic carbocycles. The second-order valence-corrected chi connectivity index (χ2v) is 9.89. The Balaban J connectivity index is 1.57. The standard InChI is InChI=1S/C26H20F2IN3O3S/c27-21-10-5-18(13-22(21)28)23-15-36-26(31-23)32(20-8-6-19(29)7-9-20)14-16-1-3-17(4-2-16)25(35)30-12-11-24(33)34/h1-10,13,15H,11-12,14H2,(H,30,35)(H,33,34). The molecule has 0 spiro atoms. The summed E-state index contributed by atoms with van der Waals surface area (Å²) >= 11 is 3.62. The zero-order valence-electron chi connectivity index (χ0n) is 18.7. The van der Waals surface area contributed by atoms with Gasteiger partial charge < -0.3 is 15.3 Å². The fourth-order valence-corrected chi connectivity index (χ4v) is 4.61. The first-order valence-corrected chi connectivity index (χ1v) is 12.8. The van der Waals surface area contributed by atoms with Crippen LogP contribution in [0.3, 0.4) is 0 Å². The van der Waals surface area contributed by atoms with Crippen molar-refractivity contribution in [1.82, 2.24) is 10.3 Å². The normalized spacial score (nSPS) is 10.8. The molecule has 0 saturated heterocycles. The van der Waals surface area contributed by atoms with Crippen LogP contribution in [0.25, 0.3) is 11.3 Å². The molecule has 36 heavy (non-hydrogen) atoms. The largest absolute Gasteiger partial charge is 0.481 e. The number of thiazole rings is 1. The molecule has 0 unspecified atom stereocenters.